The lowest BCUT2D eigenvalue weighted by atomic mass is 9.81. The van der Waals surface area contributed by atoms with E-state index in [4.69, 9.17) is 5.11 Å². The predicted molar refractivity (Wildman–Crippen MR) is 92.4 cm³/mol. The second kappa shape index (κ2) is 9.74. The average Bonchev–Trinajstić information content (AvgIpc) is 2.85. The fourth-order valence-electron chi connectivity index (χ4n) is 2.94. The number of hydrogen-bond acceptors (Lipinski definition) is 1. The van der Waals surface area contributed by atoms with Gasteiger partial charge in [0, 0.05) is 11.8 Å². The molecule has 0 saturated heterocycles. The number of carbonyl (C=O) groups is 1. The summed E-state index contributed by atoms with van der Waals surface area (Å²) in [6.45, 7) is 6.66. The first-order valence-corrected chi connectivity index (χ1v) is 8.96. The van der Waals surface area contributed by atoms with Gasteiger partial charge in [0.2, 0.25) is 0 Å². The molecule has 23 heavy (non-hydrogen) atoms. The van der Waals surface area contributed by atoms with Crippen LogP contribution in [0.3, 0.4) is 0 Å². The number of unbranched alkanes of at least 4 members (excludes halogenated alkanes) is 6. The fourth-order valence-corrected chi connectivity index (χ4v) is 2.94. The van der Waals surface area contributed by atoms with Crippen LogP contribution in [0.15, 0.2) is 6.20 Å². The Morgan fingerprint density at radius 1 is 1.13 bits per heavy atom. The molecule has 0 fully saturated rings. The Morgan fingerprint density at radius 2 is 1.74 bits per heavy atom. The molecular formula is C19H32FNO2. The van der Waals surface area contributed by atoms with Gasteiger partial charge >= 0.3 is 5.97 Å². The minimum atomic E-state index is -1.24. The molecule has 3 nitrogen and oxygen atoms in total. The highest BCUT2D eigenvalue weighted by atomic mass is 19.1. The van der Waals surface area contributed by atoms with Gasteiger partial charge in [-0.05, 0) is 24.7 Å². The van der Waals surface area contributed by atoms with Crippen molar-refractivity contribution in [3.63, 3.8) is 0 Å². The zero-order valence-corrected chi connectivity index (χ0v) is 14.9. The van der Waals surface area contributed by atoms with Gasteiger partial charge in [0.25, 0.3) is 0 Å². The zero-order chi connectivity index (χ0) is 17.3. The molecule has 0 aliphatic carbocycles. The van der Waals surface area contributed by atoms with Gasteiger partial charge < -0.3 is 10.1 Å². The van der Waals surface area contributed by atoms with Crippen LogP contribution in [0.5, 0.6) is 0 Å². The molecule has 0 amide bonds. The van der Waals surface area contributed by atoms with Gasteiger partial charge in [-0.1, -0.05) is 65.7 Å². The summed E-state index contributed by atoms with van der Waals surface area (Å²) in [5, 5.41) is 8.86. The third-order valence-electron chi connectivity index (χ3n) is 4.63. The molecule has 0 aromatic carbocycles. The predicted octanol–water partition coefficient (Wildman–Crippen LogP) is 5.95. The molecule has 0 saturated carbocycles. The van der Waals surface area contributed by atoms with Gasteiger partial charge in [-0.3, -0.25) is 0 Å². The Hall–Kier alpha value is -1.32. The SMILES string of the molecule is CCCCCCCCCC(C)(C)CCc1c[nH]c(C(=O)O)c1F. The number of nitrogens with one attached hydrogen (secondary N) is 1. The fraction of sp³-hybridized carbons (Fsp3) is 0.737. The lowest BCUT2D eigenvalue weighted by Gasteiger charge is -2.24. The number of aromatic amines is 1. The van der Waals surface area contributed by atoms with E-state index >= 15 is 0 Å². The van der Waals surface area contributed by atoms with Crippen molar-refractivity contribution in [2.45, 2.75) is 85.0 Å². The van der Waals surface area contributed by atoms with E-state index in [2.05, 4.69) is 25.8 Å². The molecule has 0 unspecified atom stereocenters. The molecular weight excluding hydrogens is 293 g/mol. The summed E-state index contributed by atoms with van der Waals surface area (Å²) in [6.07, 6.45) is 13.2. The van der Waals surface area contributed by atoms with E-state index in [9.17, 15) is 9.18 Å². The summed E-state index contributed by atoms with van der Waals surface area (Å²) in [4.78, 5) is 13.3. The number of carboxylic acids is 1. The third-order valence-corrected chi connectivity index (χ3v) is 4.63. The quantitative estimate of drug-likeness (QED) is 0.466. The summed E-state index contributed by atoms with van der Waals surface area (Å²) >= 11 is 0. The molecule has 0 spiro atoms. The van der Waals surface area contributed by atoms with Crippen LogP contribution in [0.25, 0.3) is 0 Å². The van der Waals surface area contributed by atoms with E-state index in [0.29, 0.717) is 12.0 Å². The van der Waals surface area contributed by atoms with Crippen molar-refractivity contribution < 1.29 is 14.3 Å². The van der Waals surface area contributed by atoms with Crippen molar-refractivity contribution in [2.24, 2.45) is 5.41 Å². The first kappa shape index (κ1) is 19.7. The van der Waals surface area contributed by atoms with E-state index in [-0.39, 0.29) is 11.1 Å². The Morgan fingerprint density at radius 3 is 2.30 bits per heavy atom. The number of aryl methyl sites for hydroxylation is 1. The second-order valence-electron chi connectivity index (χ2n) is 7.34. The highest BCUT2D eigenvalue weighted by Crippen LogP contribution is 2.30. The van der Waals surface area contributed by atoms with Gasteiger partial charge in [-0.15, -0.1) is 0 Å². The summed E-state index contributed by atoms with van der Waals surface area (Å²) in [5.74, 6) is -1.85. The van der Waals surface area contributed by atoms with Crippen molar-refractivity contribution in [1.82, 2.24) is 4.98 Å². The molecule has 1 aromatic heterocycles. The summed E-state index contributed by atoms with van der Waals surface area (Å²) < 4.78 is 13.9. The molecule has 1 aromatic rings. The normalized spacial score (nSPS) is 11.8. The lowest BCUT2D eigenvalue weighted by molar-refractivity contribution is 0.0686. The van der Waals surface area contributed by atoms with Gasteiger partial charge in [0.15, 0.2) is 11.5 Å². The second-order valence-corrected chi connectivity index (χ2v) is 7.34. The Bertz CT molecular complexity index is 480. The molecule has 1 rings (SSSR count). The van der Waals surface area contributed by atoms with Crippen molar-refractivity contribution in [2.75, 3.05) is 0 Å². The molecule has 132 valence electrons. The number of hydrogen-bond donors (Lipinski definition) is 2. The van der Waals surface area contributed by atoms with Crippen molar-refractivity contribution in [3.05, 3.63) is 23.3 Å². The van der Waals surface area contributed by atoms with Gasteiger partial charge in [0.05, 0.1) is 0 Å². The standard InChI is InChI=1S/C19H32FNO2/c1-4-5-6-7-8-9-10-12-19(2,3)13-11-15-14-21-17(16(15)20)18(22)23/h14,21H,4-13H2,1-3H3,(H,22,23). The maximum absolute atomic E-state index is 13.9. The molecule has 1 heterocycles. The third kappa shape index (κ3) is 7.19. The topological polar surface area (TPSA) is 53.1 Å². The number of rotatable bonds is 12. The zero-order valence-electron chi connectivity index (χ0n) is 14.9. The smallest absolute Gasteiger partial charge is 0.355 e. The van der Waals surface area contributed by atoms with Crippen LogP contribution >= 0.6 is 0 Å². The minimum Gasteiger partial charge on any atom is -0.476 e. The van der Waals surface area contributed by atoms with E-state index in [1.54, 1.807) is 0 Å². The molecule has 0 bridgehead atoms. The van der Waals surface area contributed by atoms with E-state index < -0.39 is 11.8 Å². The summed E-state index contributed by atoms with van der Waals surface area (Å²) in [6, 6.07) is 0. The highest BCUT2D eigenvalue weighted by Gasteiger charge is 2.21. The van der Waals surface area contributed by atoms with E-state index in [1.807, 2.05) is 0 Å². The molecule has 4 heteroatoms. The number of halogens is 1. The van der Waals surface area contributed by atoms with Crippen LogP contribution in [0.2, 0.25) is 0 Å². The molecule has 2 N–H and O–H groups in total. The van der Waals surface area contributed by atoms with Crippen LogP contribution in [0.4, 0.5) is 4.39 Å². The largest absolute Gasteiger partial charge is 0.476 e. The number of aromatic nitrogens is 1. The first-order chi connectivity index (χ1) is 10.9. The first-order valence-electron chi connectivity index (χ1n) is 8.96. The summed E-state index contributed by atoms with van der Waals surface area (Å²) in [5.41, 5.74) is 0.316. The van der Waals surface area contributed by atoms with Crippen LogP contribution in [-0.2, 0) is 6.42 Å². The minimum absolute atomic E-state index is 0.163. The Labute approximate surface area is 139 Å². The maximum atomic E-state index is 13.9. The van der Waals surface area contributed by atoms with Gasteiger partial charge in [-0.25, -0.2) is 9.18 Å². The van der Waals surface area contributed by atoms with E-state index in [1.165, 1.54) is 51.1 Å². The van der Waals surface area contributed by atoms with E-state index in [0.717, 1.165) is 12.8 Å². The summed E-state index contributed by atoms with van der Waals surface area (Å²) in [7, 11) is 0. The molecule has 0 aliphatic heterocycles. The lowest BCUT2D eigenvalue weighted by Crippen LogP contribution is -2.13. The average molecular weight is 325 g/mol. The molecule has 0 atom stereocenters. The van der Waals surface area contributed by atoms with Gasteiger partial charge in [-0.2, -0.15) is 0 Å². The monoisotopic (exact) mass is 325 g/mol. The number of carboxylic acid groups (broad SMARTS) is 1. The van der Waals surface area contributed by atoms with Gasteiger partial charge in [0.1, 0.15) is 0 Å². The van der Waals surface area contributed by atoms with Crippen LogP contribution in [-0.4, -0.2) is 16.1 Å². The van der Waals surface area contributed by atoms with Crippen molar-refractivity contribution >= 4 is 5.97 Å². The maximum Gasteiger partial charge on any atom is 0.355 e. The highest BCUT2D eigenvalue weighted by molar-refractivity contribution is 5.86. The Balaban J connectivity index is 2.28. The van der Waals surface area contributed by atoms with Crippen LogP contribution < -0.4 is 0 Å². The van der Waals surface area contributed by atoms with Crippen molar-refractivity contribution in [1.29, 1.82) is 0 Å². The van der Waals surface area contributed by atoms with Crippen molar-refractivity contribution in [3.8, 4) is 0 Å². The Kier molecular flexibility index (Phi) is 8.35. The number of aromatic carboxylic acids is 1. The molecule has 0 aliphatic rings. The number of H-pyrrole nitrogens is 1. The van der Waals surface area contributed by atoms with Crippen LogP contribution in [0.1, 0.15) is 94.6 Å². The molecule has 0 radical (unpaired) electrons. The van der Waals surface area contributed by atoms with Crippen LogP contribution in [0, 0.1) is 11.2 Å².